The summed E-state index contributed by atoms with van der Waals surface area (Å²) in [5, 5.41) is 18.2. The van der Waals surface area contributed by atoms with Crippen molar-refractivity contribution in [2.24, 2.45) is 11.8 Å². The normalized spacial score (nSPS) is 34.1. The molecule has 1 unspecified atom stereocenters. The molecule has 2 heteroatoms. The first-order chi connectivity index (χ1) is 5.27. The molecule has 0 aromatic rings. The molecule has 1 aliphatic carbocycles. The Morgan fingerprint density at radius 2 is 2.18 bits per heavy atom. The van der Waals surface area contributed by atoms with Crippen molar-refractivity contribution in [1.29, 1.82) is 0 Å². The van der Waals surface area contributed by atoms with Crippen LogP contribution >= 0.6 is 0 Å². The van der Waals surface area contributed by atoms with E-state index in [1.807, 2.05) is 0 Å². The molecule has 1 rings (SSSR count). The first-order valence-electron chi connectivity index (χ1n) is 4.56. The van der Waals surface area contributed by atoms with Crippen molar-refractivity contribution in [2.75, 3.05) is 6.61 Å². The Bertz CT molecular complexity index is 110. The first-order valence-corrected chi connectivity index (χ1v) is 4.56. The molecule has 1 saturated carbocycles. The molecular weight excluding hydrogens is 140 g/mol. The highest BCUT2D eigenvalue weighted by molar-refractivity contribution is 4.79. The summed E-state index contributed by atoms with van der Waals surface area (Å²) < 4.78 is 0. The number of hydrogen-bond acceptors (Lipinski definition) is 2. The Hall–Kier alpha value is -0.0800. The highest BCUT2D eigenvalue weighted by Gasteiger charge is 2.28. The van der Waals surface area contributed by atoms with Gasteiger partial charge in [-0.1, -0.05) is 13.3 Å². The minimum atomic E-state index is -0.0967. The van der Waals surface area contributed by atoms with Gasteiger partial charge in [-0.2, -0.15) is 0 Å². The lowest BCUT2D eigenvalue weighted by molar-refractivity contribution is 0.144. The fraction of sp³-hybridized carbons (Fsp3) is 1.00. The first kappa shape index (κ1) is 9.01. The van der Waals surface area contributed by atoms with E-state index in [2.05, 4.69) is 6.92 Å². The van der Waals surface area contributed by atoms with Crippen LogP contribution in [0.4, 0.5) is 0 Å². The van der Waals surface area contributed by atoms with Crippen LogP contribution in [0.3, 0.4) is 0 Å². The fourth-order valence-corrected chi connectivity index (χ4v) is 2.03. The average molecular weight is 158 g/mol. The van der Waals surface area contributed by atoms with Crippen LogP contribution in [0.2, 0.25) is 0 Å². The van der Waals surface area contributed by atoms with Gasteiger partial charge in [0.25, 0.3) is 0 Å². The van der Waals surface area contributed by atoms with Crippen LogP contribution in [0.5, 0.6) is 0 Å². The van der Waals surface area contributed by atoms with Crippen molar-refractivity contribution in [3.8, 4) is 0 Å². The molecule has 0 saturated heterocycles. The summed E-state index contributed by atoms with van der Waals surface area (Å²) in [5.41, 5.74) is 0. The molecule has 2 nitrogen and oxygen atoms in total. The van der Waals surface area contributed by atoms with Gasteiger partial charge in [-0.25, -0.2) is 0 Å². The largest absolute Gasteiger partial charge is 0.396 e. The molecule has 0 spiro atoms. The molecule has 3 atom stereocenters. The zero-order valence-corrected chi connectivity index (χ0v) is 7.16. The van der Waals surface area contributed by atoms with Crippen LogP contribution < -0.4 is 0 Å². The number of aliphatic hydroxyl groups excluding tert-OH is 2. The fourth-order valence-electron chi connectivity index (χ4n) is 2.03. The standard InChI is InChI=1S/C9H18O2/c1-2-7(6-10)8-3-4-9(11)5-8/h7-11H,2-6H2,1H3/t7-,8-,9?/m1/s1. The lowest BCUT2D eigenvalue weighted by Gasteiger charge is -2.18. The van der Waals surface area contributed by atoms with Gasteiger partial charge >= 0.3 is 0 Å². The summed E-state index contributed by atoms with van der Waals surface area (Å²) in [6.45, 7) is 2.39. The van der Waals surface area contributed by atoms with E-state index in [0.717, 1.165) is 25.7 Å². The molecule has 1 aliphatic rings. The quantitative estimate of drug-likeness (QED) is 0.647. The zero-order chi connectivity index (χ0) is 8.27. The SMILES string of the molecule is CC[C@H](CO)[C@@H]1CCC(O)C1. The minimum absolute atomic E-state index is 0.0967. The summed E-state index contributed by atoms with van der Waals surface area (Å²) in [7, 11) is 0. The third-order valence-electron chi connectivity index (χ3n) is 2.87. The van der Waals surface area contributed by atoms with Crippen molar-refractivity contribution < 1.29 is 10.2 Å². The van der Waals surface area contributed by atoms with E-state index in [9.17, 15) is 5.11 Å². The second-order valence-corrected chi connectivity index (χ2v) is 3.58. The second-order valence-electron chi connectivity index (χ2n) is 3.58. The summed E-state index contributed by atoms with van der Waals surface area (Å²) in [6, 6.07) is 0. The summed E-state index contributed by atoms with van der Waals surface area (Å²) in [6.07, 6.45) is 3.87. The Morgan fingerprint density at radius 1 is 1.45 bits per heavy atom. The average Bonchev–Trinajstić information content (AvgIpc) is 2.39. The maximum atomic E-state index is 9.26. The maximum Gasteiger partial charge on any atom is 0.0543 e. The van der Waals surface area contributed by atoms with Crippen molar-refractivity contribution in [1.82, 2.24) is 0 Å². The molecule has 11 heavy (non-hydrogen) atoms. The summed E-state index contributed by atoms with van der Waals surface area (Å²) >= 11 is 0. The van der Waals surface area contributed by atoms with Gasteiger partial charge in [0.05, 0.1) is 6.10 Å². The highest BCUT2D eigenvalue weighted by Crippen LogP contribution is 2.32. The smallest absolute Gasteiger partial charge is 0.0543 e. The molecule has 2 N–H and O–H groups in total. The van der Waals surface area contributed by atoms with E-state index in [-0.39, 0.29) is 12.7 Å². The summed E-state index contributed by atoms with van der Waals surface area (Å²) in [4.78, 5) is 0. The summed E-state index contributed by atoms with van der Waals surface area (Å²) in [5.74, 6) is 0.993. The third kappa shape index (κ3) is 2.17. The third-order valence-corrected chi connectivity index (χ3v) is 2.87. The lowest BCUT2D eigenvalue weighted by atomic mass is 9.89. The van der Waals surface area contributed by atoms with Gasteiger partial charge in [-0.3, -0.25) is 0 Å². The number of rotatable bonds is 3. The van der Waals surface area contributed by atoms with Crippen LogP contribution in [0.1, 0.15) is 32.6 Å². The van der Waals surface area contributed by atoms with Crippen molar-refractivity contribution in [2.45, 2.75) is 38.7 Å². The van der Waals surface area contributed by atoms with Gasteiger partial charge in [-0.05, 0) is 31.1 Å². The van der Waals surface area contributed by atoms with Gasteiger partial charge in [0, 0.05) is 6.61 Å². The van der Waals surface area contributed by atoms with E-state index in [1.54, 1.807) is 0 Å². The van der Waals surface area contributed by atoms with Gasteiger partial charge in [0.2, 0.25) is 0 Å². The van der Waals surface area contributed by atoms with Crippen molar-refractivity contribution in [3.05, 3.63) is 0 Å². The molecule has 1 fully saturated rings. The topological polar surface area (TPSA) is 40.5 Å². The highest BCUT2D eigenvalue weighted by atomic mass is 16.3. The predicted molar refractivity (Wildman–Crippen MR) is 44.2 cm³/mol. The Balaban J connectivity index is 2.34. The van der Waals surface area contributed by atoms with Crippen LogP contribution in [0, 0.1) is 11.8 Å². The molecule has 0 heterocycles. The molecule has 0 aromatic carbocycles. The molecule has 0 aromatic heterocycles. The zero-order valence-electron chi connectivity index (χ0n) is 7.16. The van der Waals surface area contributed by atoms with Gasteiger partial charge in [-0.15, -0.1) is 0 Å². The molecule has 0 aliphatic heterocycles. The van der Waals surface area contributed by atoms with E-state index in [4.69, 9.17) is 5.11 Å². The Labute approximate surface area is 68.2 Å². The molecule has 0 radical (unpaired) electrons. The second kappa shape index (κ2) is 4.07. The Morgan fingerprint density at radius 3 is 2.55 bits per heavy atom. The maximum absolute atomic E-state index is 9.26. The molecular formula is C9H18O2. The Kier molecular flexibility index (Phi) is 3.34. The van der Waals surface area contributed by atoms with Gasteiger partial charge < -0.3 is 10.2 Å². The van der Waals surface area contributed by atoms with Crippen LogP contribution in [-0.2, 0) is 0 Å². The van der Waals surface area contributed by atoms with E-state index >= 15 is 0 Å². The lowest BCUT2D eigenvalue weighted by Crippen LogP contribution is -2.15. The molecule has 66 valence electrons. The van der Waals surface area contributed by atoms with Crippen LogP contribution in [-0.4, -0.2) is 22.9 Å². The monoisotopic (exact) mass is 158 g/mol. The molecule has 0 amide bonds. The molecule has 0 bridgehead atoms. The van der Waals surface area contributed by atoms with Gasteiger partial charge in [0.15, 0.2) is 0 Å². The van der Waals surface area contributed by atoms with Crippen molar-refractivity contribution >= 4 is 0 Å². The van der Waals surface area contributed by atoms with E-state index in [1.165, 1.54) is 0 Å². The van der Waals surface area contributed by atoms with Crippen LogP contribution in [0.25, 0.3) is 0 Å². The van der Waals surface area contributed by atoms with E-state index < -0.39 is 0 Å². The van der Waals surface area contributed by atoms with E-state index in [0.29, 0.717) is 11.8 Å². The number of aliphatic hydroxyl groups is 2. The van der Waals surface area contributed by atoms with Gasteiger partial charge in [0.1, 0.15) is 0 Å². The van der Waals surface area contributed by atoms with Crippen LogP contribution in [0.15, 0.2) is 0 Å². The van der Waals surface area contributed by atoms with Crippen molar-refractivity contribution in [3.63, 3.8) is 0 Å². The predicted octanol–water partition coefficient (Wildman–Crippen LogP) is 1.17. The minimum Gasteiger partial charge on any atom is -0.396 e. The number of hydrogen-bond donors (Lipinski definition) is 2.